The van der Waals surface area contributed by atoms with Crippen molar-refractivity contribution in [1.29, 1.82) is 0 Å². The van der Waals surface area contributed by atoms with Crippen LogP contribution in [0.4, 0.5) is 0 Å². The van der Waals surface area contributed by atoms with Crippen molar-refractivity contribution in [2.45, 2.75) is 26.9 Å². The topological polar surface area (TPSA) is 54.1 Å². The first-order valence-electron chi connectivity index (χ1n) is 6.88. The molecule has 6 heteroatoms. The van der Waals surface area contributed by atoms with Crippen LogP contribution < -0.4 is 0 Å². The summed E-state index contributed by atoms with van der Waals surface area (Å²) < 4.78 is 15.2. The Bertz CT molecular complexity index is 461. The van der Waals surface area contributed by atoms with E-state index in [1.165, 1.54) is 0 Å². The third-order valence-electron chi connectivity index (χ3n) is 3.17. The highest BCUT2D eigenvalue weighted by molar-refractivity contribution is 4.88. The molecule has 2 heterocycles. The summed E-state index contributed by atoms with van der Waals surface area (Å²) in [5, 5.41) is 0. The van der Waals surface area contributed by atoms with Gasteiger partial charge in [0.2, 0.25) is 0 Å². The number of imidazole rings is 2. The first-order chi connectivity index (χ1) is 9.77. The van der Waals surface area contributed by atoms with Crippen molar-refractivity contribution in [3.63, 3.8) is 0 Å². The second kappa shape index (κ2) is 7.81. The Morgan fingerprint density at radius 1 is 0.800 bits per heavy atom. The van der Waals surface area contributed by atoms with Gasteiger partial charge in [0.15, 0.2) is 0 Å². The molecule has 0 bridgehead atoms. The van der Waals surface area contributed by atoms with E-state index in [0.717, 1.165) is 24.7 Å². The minimum atomic E-state index is 0.622. The molecule has 0 aliphatic heterocycles. The second-order valence-corrected chi connectivity index (χ2v) is 4.56. The molecule has 0 spiro atoms. The van der Waals surface area contributed by atoms with Crippen LogP contribution in [0.25, 0.3) is 0 Å². The Hall–Kier alpha value is -1.66. The highest BCUT2D eigenvalue weighted by Gasteiger charge is 1.98. The molecule has 0 N–H and O–H groups in total. The van der Waals surface area contributed by atoms with Crippen molar-refractivity contribution in [1.82, 2.24) is 19.1 Å². The van der Waals surface area contributed by atoms with E-state index in [0.29, 0.717) is 26.4 Å². The van der Waals surface area contributed by atoms with Crippen molar-refractivity contribution in [3.8, 4) is 0 Å². The van der Waals surface area contributed by atoms with Gasteiger partial charge in [-0.3, -0.25) is 0 Å². The van der Waals surface area contributed by atoms with Crippen LogP contribution in [-0.4, -0.2) is 45.5 Å². The summed E-state index contributed by atoms with van der Waals surface area (Å²) in [6.45, 7) is 8.25. The van der Waals surface area contributed by atoms with Crippen LogP contribution in [0.5, 0.6) is 0 Å². The number of nitrogens with zero attached hydrogens (tertiary/aromatic N) is 4. The van der Waals surface area contributed by atoms with Crippen LogP contribution in [0.1, 0.15) is 11.6 Å². The Labute approximate surface area is 119 Å². The fourth-order valence-electron chi connectivity index (χ4n) is 1.93. The van der Waals surface area contributed by atoms with Gasteiger partial charge >= 0.3 is 0 Å². The molecule has 0 radical (unpaired) electrons. The Balaban J connectivity index is 1.46. The van der Waals surface area contributed by atoms with E-state index in [1.54, 1.807) is 12.4 Å². The molecular weight excluding hydrogens is 256 g/mol. The van der Waals surface area contributed by atoms with Crippen LogP contribution in [0.15, 0.2) is 24.8 Å². The normalized spacial score (nSPS) is 11.1. The number of hydrogen-bond acceptors (Lipinski definition) is 4. The quantitative estimate of drug-likeness (QED) is 0.651. The minimum Gasteiger partial charge on any atom is -0.377 e. The van der Waals surface area contributed by atoms with E-state index in [9.17, 15) is 0 Å². The summed E-state index contributed by atoms with van der Waals surface area (Å²) >= 11 is 0. The average Bonchev–Trinajstić information content (AvgIpc) is 3.02. The number of aryl methyl sites for hydroxylation is 2. The van der Waals surface area contributed by atoms with Crippen LogP contribution >= 0.6 is 0 Å². The maximum atomic E-state index is 5.53. The molecule has 0 aliphatic rings. The smallest absolute Gasteiger partial charge is 0.105 e. The van der Waals surface area contributed by atoms with E-state index >= 15 is 0 Å². The number of hydrogen-bond donors (Lipinski definition) is 0. The molecule has 110 valence electrons. The van der Waals surface area contributed by atoms with E-state index in [4.69, 9.17) is 9.47 Å². The summed E-state index contributed by atoms with van der Waals surface area (Å²) in [5.41, 5.74) is 0. The lowest BCUT2D eigenvalue weighted by Gasteiger charge is -2.08. The predicted molar refractivity (Wildman–Crippen MR) is 75.6 cm³/mol. The molecule has 2 aromatic rings. The average molecular weight is 278 g/mol. The molecule has 6 nitrogen and oxygen atoms in total. The van der Waals surface area contributed by atoms with E-state index in [-0.39, 0.29) is 0 Å². The summed E-state index contributed by atoms with van der Waals surface area (Å²) in [7, 11) is 0. The molecule has 2 aromatic heterocycles. The largest absolute Gasteiger partial charge is 0.377 e. The van der Waals surface area contributed by atoms with E-state index in [1.807, 2.05) is 26.2 Å². The number of ether oxygens (including phenoxy) is 2. The fourth-order valence-corrected chi connectivity index (χ4v) is 1.93. The van der Waals surface area contributed by atoms with Crippen molar-refractivity contribution >= 4 is 0 Å². The fraction of sp³-hybridized carbons (Fsp3) is 0.571. The molecule has 20 heavy (non-hydrogen) atoms. The first-order valence-corrected chi connectivity index (χ1v) is 6.88. The summed E-state index contributed by atoms with van der Waals surface area (Å²) in [6, 6.07) is 0. The molecule has 0 unspecified atom stereocenters. The Morgan fingerprint density at radius 2 is 1.25 bits per heavy atom. The first kappa shape index (κ1) is 14.7. The lowest BCUT2D eigenvalue weighted by atomic mass is 10.6. The van der Waals surface area contributed by atoms with E-state index in [2.05, 4.69) is 19.1 Å². The van der Waals surface area contributed by atoms with Gasteiger partial charge in [0.1, 0.15) is 11.6 Å². The van der Waals surface area contributed by atoms with Crippen molar-refractivity contribution in [2.24, 2.45) is 0 Å². The van der Waals surface area contributed by atoms with Crippen LogP contribution in [0.2, 0.25) is 0 Å². The van der Waals surface area contributed by atoms with Gasteiger partial charge in [-0.2, -0.15) is 0 Å². The van der Waals surface area contributed by atoms with Crippen LogP contribution in [0, 0.1) is 13.8 Å². The monoisotopic (exact) mass is 278 g/mol. The minimum absolute atomic E-state index is 0.622. The third kappa shape index (κ3) is 4.47. The van der Waals surface area contributed by atoms with Gasteiger partial charge in [0, 0.05) is 37.9 Å². The molecule has 0 amide bonds. The molecular formula is C14H22N4O2. The summed E-state index contributed by atoms with van der Waals surface area (Å²) in [5.74, 6) is 2.03. The lowest BCUT2D eigenvalue weighted by Crippen LogP contribution is -2.13. The molecule has 0 saturated heterocycles. The van der Waals surface area contributed by atoms with Crippen LogP contribution in [-0.2, 0) is 22.6 Å². The van der Waals surface area contributed by atoms with Gasteiger partial charge in [-0.05, 0) is 13.8 Å². The Morgan fingerprint density at radius 3 is 1.60 bits per heavy atom. The summed E-state index contributed by atoms with van der Waals surface area (Å²) in [6.07, 6.45) is 7.53. The van der Waals surface area contributed by atoms with Gasteiger partial charge in [0.25, 0.3) is 0 Å². The number of rotatable bonds is 9. The molecule has 0 aromatic carbocycles. The van der Waals surface area contributed by atoms with Crippen molar-refractivity contribution in [2.75, 3.05) is 26.4 Å². The number of aromatic nitrogens is 4. The molecule has 0 atom stereocenters. The predicted octanol–water partition coefficient (Wildman–Crippen LogP) is 1.43. The van der Waals surface area contributed by atoms with Gasteiger partial charge in [-0.15, -0.1) is 0 Å². The second-order valence-electron chi connectivity index (χ2n) is 4.56. The maximum absolute atomic E-state index is 5.53. The summed E-state index contributed by atoms with van der Waals surface area (Å²) in [4.78, 5) is 8.33. The van der Waals surface area contributed by atoms with Gasteiger partial charge < -0.3 is 18.6 Å². The van der Waals surface area contributed by atoms with Gasteiger partial charge in [-0.1, -0.05) is 0 Å². The van der Waals surface area contributed by atoms with Gasteiger partial charge in [-0.25, -0.2) is 9.97 Å². The standard InChI is InChI=1S/C14H22N4O2/c1-13-15-3-5-17(13)7-9-19-11-12-20-10-8-18-6-4-16-14(18)2/h3-6H,7-12H2,1-2H3. The lowest BCUT2D eigenvalue weighted by molar-refractivity contribution is 0.0418. The zero-order chi connectivity index (χ0) is 14.2. The maximum Gasteiger partial charge on any atom is 0.105 e. The van der Waals surface area contributed by atoms with Crippen LogP contribution in [0.3, 0.4) is 0 Å². The van der Waals surface area contributed by atoms with Crippen molar-refractivity contribution < 1.29 is 9.47 Å². The SMILES string of the molecule is Cc1nccn1CCOCCOCCn1ccnc1C. The highest BCUT2D eigenvalue weighted by atomic mass is 16.5. The zero-order valence-electron chi connectivity index (χ0n) is 12.2. The zero-order valence-corrected chi connectivity index (χ0v) is 12.2. The Kier molecular flexibility index (Phi) is 5.76. The highest BCUT2D eigenvalue weighted by Crippen LogP contribution is 1.96. The molecule has 0 aliphatic carbocycles. The molecule has 0 saturated carbocycles. The molecule has 2 rings (SSSR count). The van der Waals surface area contributed by atoms with Crippen molar-refractivity contribution in [3.05, 3.63) is 36.4 Å². The van der Waals surface area contributed by atoms with Gasteiger partial charge in [0.05, 0.1) is 26.4 Å². The molecule has 0 fully saturated rings. The third-order valence-corrected chi connectivity index (χ3v) is 3.17. The van der Waals surface area contributed by atoms with E-state index < -0.39 is 0 Å².